The van der Waals surface area contributed by atoms with Crippen LogP contribution in [0.15, 0.2) is 121 Å². The van der Waals surface area contributed by atoms with Gasteiger partial charge in [0.1, 0.15) is 12.7 Å². The zero-order chi connectivity index (χ0) is 40.2. The third-order valence-electron chi connectivity index (χ3n) is 9.10. The van der Waals surface area contributed by atoms with Gasteiger partial charge in [-0.15, -0.1) is 0 Å². The highest BCUT2D eigenvalue weighted by molar-refractivity contribution is 5.91. The van der Waals surface area contributed by atoms with Gasteiger partial charge in [-0.2, -0.15) is 0 Å². The van der Waals surface area contributed by atoms with Crippen LogP contribution >= 0.6 is 0 Å². The topological polar surface area (TPSA) is 150 Å². The molecule has 0 aromatic heterocycles. The zero-order valence-corrected chi connectivity index (χ0v) is 31.9. The predicted molar refractivity (Wildman–Crippen MR) is 207 cm³/mol. The van der Waals surface area contributed by atoms with Crippen molar-refractivity contribution in [3.8, 4) is 0 Å². The quantitative estimate of drug-likeness (QED) is 0.0467. The number of carbonyl (C=O) groups is 5. The summed E-state index contributed by atoms with van der Waals surface area (Å²) in [7, 11) is 0. The summed E-state index contributed by atoms with van der Waals surface area (Å²) in [4.78, 5) is 65.5. The van der Waals surface area contributed by atoms with Crippen LogP contribution in [0.25, 0.3) is 0 Å². The van der Waals surface area contributed by atoms with E-state index in [1.165, 1.54) is 0 Å². The first-order chi connectivity index (χ1) is 27.8. The Morgan fingerprint density at radius 2 is 1.00 bits per heavy atom. The Labute approximate surface area is 332 Å². The van der Waals surface area contributed by atoms with Gasteiger partial charge < -0.3 is 33.2 Å². The number of esters is 5. The second-order valence-corrected chi connectivity index (χ2v) is 13.3. The van der Waals surface area contributed by atoms with Crippen molar-refractivity contribution in [2.24, 2.45) is 0 Å². The van der Waals surface area contributed by atoms with Gasteiger partial charge in [-0.3, -0.25) is 4.79 Å². The van der Waals surface area contributed by atoms with E-state index in [9.17, 15) is 24.0 Å². The second-order valence-electron chi connectivity index (χ2n) is 13.3. The summed E-state index contributed by atoms with van der Waals surface area (Å²) in [6.45, 7) is 1.84. The van der Waals surface area contributed by atoms with Crippen molar-refractivity contribution in [2.75, 3.05) is 19.8 Å². The van der Waals surface area contributed by atoms with E-state index in [-0.39, 0.29) is 34.8 Å². The predicted octanol–water partition coefficient (Wildman–Crippen LogP) is 7.56. The molecule has 0 bridgehead atoms. The number of hydrogen-bond donors (Lipinski definition) is 0. The summed E-state index contributed by atoms with van der Waals surface area (Å²) < 4.78 is 41.4. The molecule has 4 aromatic rings. The average Bonchev–Trinajstić information content (AvgIpc) is 3.57. The van der Waals surface area contributed by atoms with Crippen LogP contribution in [0.3, 0.4) is 0 Å². The molecule has 0 radical (unpaired) electrons. The van der Waals surface area contributed by atoms with Crippen molar-refractivity contribution in [1.82, 2.24) is 0 Å². The van der Waals surface area contributed by atoms with E-state index in [1.807, 2.05) is 0 Å². The lowest BCUT2D eigenvalue weighted by molar-refractivity contribution is -0.182. The third kappa shape index (κ3) is 13.1. The summed E-state index contributed by atoms with van der Waals surface area (Å²) in [6, 6.07) is 33.0. The van der Waals surface area contributed by atoms with Crippen molar-refractivity contribution in [1.29, 1.82) is 0 Å². The van der Waals surface area contributed by atoms with E-state index in [0.717, 1.165) is 32.1 Å². The lowest BCUT2D eigenvalue weighted by Crippen LogP contribution is -2.47. The van der Waals surface area contributed by atoms with Crippen LogP contribution in [-0.2, 0) is 38.0 Å². The second kappa shape index (κ2) is 22.6. The summed E-state index contributed by atoms with van der Waals surface area (Å²) in [6.07, 6.45) is -1.40. The largest absolute Gasteiger partial charge is 0.466 e. The molecular weight excluding hydrogens is 732 g/mol. The highest BCUT2D eigenvalue weighted by Crippen LogP contribution is 2.33. The van der Waals surface area contributed by atoms with Crippen LogP contribution in [-0.4, -0.2) is 80.4 Å². The SMILES string of the molecule is CCOC(=O)CCCCCCCCO[C@@H]1O[C@@H]([C@@H](COC(=O)c2ccccc2)OC(=O)c2ccccc2)[C@H](OC(=O)c2ccccc2)[C@H]1OC(=O)c1ccccc1. The minimum atomic E-state index is -1.39. The highest BCUT2D eigenvalue weighted by atomic mass is 16.7. The Morgan fingerprint density at radius 3 is 1.53 bits per heavy atom. The lowest BCUT2D eigenvalue weighted by atomic mass is 10.0. The molecular formula is C45H48O12. The Hall–Kier alpha value is -5.85. The Balaban J connectivity index is 1.39. The molecule has 0 spiro atoms. The molecule has 1 heterocycles. The van der Waals surface area contributed by atoms with E-state index >= 15 is 0 Å². The number of carbonyl (C=O) groups excluding carboxylic acids is 5. The van der Waals surface area contributed by atoms with Gasteiger partial charge >= 0.3 is 29.8 Å². The maximum Gasteiger partial charge on any atom is 0.338 e. The molecule has 0 aliphatic carbocycles. The molecule has 1 saturated heterocycles. The Morgan fingerprint density at radius 1 is 0.544 bits per heavy atom. The molecule has 12 nitrogen and oxygen atoms in total. The van der Waals surface area contributed by atoms with E-state index in [4.69, 9.17) is 33.2 Å². The van der Waals surface area contributed by atoms with Gasteiger partial charge in [-0.05, 0) is 68.3 Å². The fourth-order valence-corrected chi connectivity index (χ4v) is 6.18. The normalized spacial score (nSPS) is 17.8. The van der Waals surface area contributed by atoms with Crippen molar-refractivity contribution >= 4 is 29.8 Å². The van der Waals surface area contributed by atoms with Crippen LogP contribution in [0.2, 0.25) is 0 Å². The molecule has 4 aromatic carbocycles. The third-order valence-corrected chi connectivity index (χ3v) is 9.10. The van der Waals surface area contributed by atoms with Gasteiger partial charge in [-0.25, -0.2) is 19.2 Å². The summed E-state index contributed by atoms with van der Waals surface area (Å²) >= 11 is 0. The molecule has 5 rings (SSSR count). The van der Waals surface area contributed by atoms with Crippen LogP contribution in [0.4, 0.5) is 0 Å². The summed E-state index contributed by atoms with van der Waals surface area (Å²) in [5.41, 5.74) is 0.928. The van der Waals surface area contributed by atoms with Gasteiger partial charge in [0.05, 0.1) is 28.9 Å². The van der Waals surface area contributed by atoms with Gasteiger partial charge in [0.2, 0.25) is 0 Å². The van der Waals surface area contributed by atoms with E-state index in [2.05, 4.69) is 0 Å². The van der Waals surface area contributed by atoms with Gasteiger partial charge in [0.25, 0.3) is 0 Å². The van der Waals surface area contributed by atoms with Crippen molar-refractivity contribution in [3.63, 3.8) is 0 Å². The first-order valence-electron chi connectivity index (χ1n) is 19.3. The van der Waals surface area contributed by atoms with Crippen LogP contribution < -0.4 is 0 Å². The molecule has 0 saturated carbocycles. The van der Waals surface area contributed by atoms with Gasteiger partial charge in [0.15, 0.2) is 24.6 Å². The molecule has 1 fully saturated rings. The van der Waals surface area contributed by atoms with E-state index < -0.39 is 61.2 Å². The fraction of sp³-hybridized carbons (Fsp3) is 0.356. The van der Waals surface area contributed by atoms with Gasteiger partial charge in [-0.1, -0.05) is 98.5 Å². The number of benzene rings is 4. The molecule has 12 heteroatoms. The van der Waals surface area contributed by atoms with Crippen LogP contribution in [0.1, 0.15) is 93.3 Å². The Kier molecular flexibility index (Phi) is 16.8. The fourth-order valence-electron chi connectivity index (χ4n) is 6.18. The summed E-state index contributed by atoms with van der Waals surface area (Å²) in [5, 5.41) is 0. The molecule has 57 heavy (non-hydrogen) atoms. The first kappa shape index (κ1) is 42.3. The maximum atomic E-state index is 13.7. The van der Waals surface area contributed by atoms with Crippen molar-refractivity contribution in [3.05, 3.63) is 144 Å². The zero-order valence-electron chi connectivity index (χ0n) is 31.9. The molecule has 1 aliphatic heterocycles. The first-order valence-corrected chi connectivity index (χ1v) is 19.3. The molecule has 0 N–H and O–H groups in total. The number of rotatable bonds is 21. The van der Waals surface area contributed by atoms with Crippen molar-refractivity contribution < 1.29 is 57.1 Å². The lowest BCUT2D eigenvalue weighted by Gasteiger charge is -2.28. The van der Waals surface area contributed by atoms with Crippen LogP contribution in [0.5, 0.6) is 0 Å². The smallest absolute Gasteiger partial charge is 0.338 e. The molecule has 5 atom stereocenters. The van der Waals surface area contributed by atoms with Crippen molar-refractivity contribution in [2.45, 2.75) is 82.6 Å². The molecule has 0 amide bonds. The average molecular weight is 781 g/mol. The highest BCUT2D eigenvalue weighted by Gasteiger charge is 2.54. The molecule has 300 valence electrons. The molecule has 0 unspecified atom stereocenters. The monoisotopic (exact) mass is 780 g/mol. The van der Waals surface area contributed by atoms with Gasteiger partial charge in [0, 0.05) is 13.0 Å². The number of unbranched alkanes of at least 4 members (excludes halogenated alkanes) is 5. The minimum absolute atomic E-state index is 0.191. The standard InChI is InChI=1S/C45H48O12/c1-2-51-37(46)29-19-5-3-4-6-20-30-52-45-40(56-44(50)35-27-17-10-18-28-35)39(55-43(49)34-25-15-9-16-26-34)38(57-45)36(54-42(48)33-23-13-8-14-24-33)31-53-41(47)32-21-11-7-12-22-32/h7-18,21-28,36,38-40,45H,2-6,19-20,29-31H2,1H3/t36-,38+,39+,40-,45-/m1/s1. The minimum Gasteiger partial charge on any atom is -0.466 e. The maximum absolute atomic E-state index is 13.7. The van der Waals surface area contributed by atoms with E-state index in [0.29, 0.717) is 19.4 Å². The van der Waals surface area contributed by atoms with Crippen LogP contribution in [0, 0.1) is 0 Å². The Bertz CT molecular complexity index is 1850. The molecule has 1 aliphatic rings. The van der Waals surface area contributed by atoms with E-state index in [1.54, 1.807) is 128 Å². The number of ether oxygens (including phenoxy) is 7. The summed E-state index contributed by atoms with van der Waals surface area (Å²) in [5.74, 6) is -3.11. The number of hydrogen-bond acceptors (Lipinski definition) is 12.